The van der Waals surface area contributed by atoms with Gasteiger partial charge in [-0.05, 0) is 18.4 Å². The van der Waals surface area contributed by atoms with Crippen molar-refractivity contribution < 1.29 is 4.79 Å². The summed E-state index contributed by atoms with van der Waals surface area (Å²) < 4.78 is 0. The molecule has 2 fully saturated rings. The largest absolute Gasteiger partial charge is 0.352 e. The van der Waals surface area contributed by atoms with Crippen molar-refractivity contribution in [3.8, 4) is 0 Å². The van der Waals surface area contributed by atoms with Crippen molar-refractivity contribution in [1.82, 2.24) is 10.2 Å². The molecule has 0 unspecified atom stereocenters. The highest BCUT2D eigenvalue weighted by Gasteiger charge is 2.55. The smallest absolute Gasteiger partial charge is 0.217 e. The van der Waals surface area contributed by atoms with Crippen molar-refractivity contribution in [2.24, 2.45) is 5.41 Å². The Bertz CT molecular complexity index is 439. The lowest BCUT2D eigenvalue weighted by atomic mass is 10.0. The fraction of sp³-hybridized carbons (Fsp3) is 0.533. The average Bonchev–Trinajstić information content (AvgIpc) is 3.02. The molecular formula is C15H20N2O. The number of carbonyl (C=O) groups excluding carboxylic acids is 1. The Balaban J connectivity index is 1.65. The summed E-state index contributed by atoms with van der Waals surface area (Å²) >= 11 is 0. The van der Waals surface area contributed by atoms with Gasteiger partial charge in [0.15, 0.2) is 0 Å². The van der Waals surface area contributed by atoms with Crippen molar-refractivity contribution in [1.29, 1.82) is 0 Å². The lowest BCUT2D eigenvalue weighted by Gasteiger charge is -2.17. The second kappa shape index (κ2) is 4.39. The first kappa shape index (κ1) is 11.7. The normalized spacial score (nSPS) is 25.3. The number of benzene rings is 1. The van der Waals surface area contributed by atoms with Gasteiger partial charge in [0, 0.05) is 38.0 Å². The predicted molar refractivity (Wildman–Crippen MR) is 71.0 cm³/mol. The van der Waals surface area contributed by atoms with Crippen LogP contribution in [-0.4, -0.2) is 29.9 Å². The minimum atomic E-state index is 0.104. The molecule has 0 bridgehead atoms. The van der Waals surface area contributed by atoms with Crippen molar-refractivity contribution in [2.45, 2.75) is 32.4 Å². The molecule has 1 saturated carbocycles. The quantitative estimate of drug-likeness (QED) is 0.879. The summed E-state index contributed by atoms with van der Waals surface area (Å²) in [7, 11) is 0. The summed E-state index contributed by atoms with van der Waals surface area (Å²) in [5.41, 5.74) is 1.75. The van der Waals surface area contributed by atoms with E-state index >= 15 is 0 Å². The summed E-state index contributed by atoms with van der Waals surface area (Å²) in [5.74, 6) is 0.104. The zero-order chi connectivity index (χ0) is 12.6. The highest BCUT2D eigenvalue weighted by Crippen LogP contribution is 2.52. The molecule has 1 saturated heterocycles. The molecule has 3 rings (SSSR count). The second-order valence-corrected chi connectivity index (χ2v) is 5.77. The van der Waals surface area contributed by atoms with Crippen LogP contribution in [-0.2, 0) is 11.3 Å². The molecule has 1 amide bonds. The lowest BCUT2D eigenvalue weighted by Crippen LogP contribution is -2.40. The number of hydrogen-bond acceptors (Lipinski definition) is 2. The highest BCUT2D eigenvalue weighted by molar-refractivity contribution is 5.73. The standard InChI is InChI=1S/C15H20N2O/c1-12(18)16-14-10-17(11-15(14)7-8-15)9-13-5-3-2-4-6-13/h2-6,14H,7-11H2,1H3,(H,16,18)/t14-/m1/s1. The Labute approximate surface area is 108 Å². The first-order valence-corrected chi connectivity index (χ1v) is 6.71. The van der Waals surface area contributed by atoms with E-state index in [4.69, 9.17) is 0 Å². The van der Waals surface area contributed by atoms with Gasteiger partial charge in [-0.3, -0.25) is 9.69 Å². The Morgan fingerprint density at radius 2 is 2.11 bits per heavy atom. The van der Waals surface area contributed by atoms with Gasteiger partial charge in [0.1, 0.15) is 0 Å². The Kier molecular flexibility index (Phi) is 2.86. The molecule has 1 heterocycles. The third-order valence-electron chi connectivity index (χ3n) is 4.24. The van der Waals surface area contributed by atoms with Crippen LogP contribution in [0.1, 0.15) is 25.3 Å². The van der Waals surface area contributed by atoms with Crippen molar-refractivity contribution in [3.05, 3.63) is 35.9 Å². The summed E-state index contributed by atoms with van der Waals surface area (Å²) in [6.45, 7) is 4.75. The van der Waals surface area contributed by atoms with Gasteiger partial charge in [-0.25, -0.2) is 0 Å². The van der Waals surface area contributed by atoms with E-state index in [1.165, 1.54) is 18.4 Å². The van der Waals surface area contributed by atoms with Gasteiger partial charge in [-0.1, -0.05) is 30.3 Å². The van der Waals surface area contributed by atoms with Gasteiger partial charge in [0.25, 0.3) is 0 Å². The molecule has 1 N–H and O–H groups in total. The fourth-order valence-corrected chi connectivity index (χ4v) is 3.15. The Hall–Kier alpha value is -1.35. The van der Waals surface area contributed by atoms with E-state index in [-0.39, 0.29) is 5.91 Å². The first-order chi connectivity index (χ1) is 8.68. The highest BCUT2D eigenvalue weighted by atomic mass is 16.1. The number of nitrogens with zero attached hydrogens (tertiary/aromatic N) is 1. The van der Waals surface area contributed by atoms with Crippen LogP contribution in [0.2, 0.25) is 0 Å². The number of amides is 1. The third kappa shape index (κ3) is 2.27. The van der Waals surface area contributed by atoms with Gasteiger partial charge < -0.3 is 5.32 Å². The maximum Gasteiger partial charge on any atom is 0.217 e. The molecule has 1 aliphatic heterocycles. The number of likely N-dealkylation sites (tertiary alicyclic amines) is 1. The fourth-order valence-electron chi connectivity index (χ4n) is 3.15. The van der Waals surface area contributed by atoms with Crippen LogP contribution in [0.5, 0.6) is 0 Å². The SMILES string of the molecule is CC(=O)N[C@@H]1CN(Cc2ccccc2)CC12CC2. The monoisotopic (exact) mass is 244 g/mol. The molecule has 1 aliphatic carbocycles. The van der Waals surface area contributed by atoms with Gasteiger partial charge in [0.2, 0.25) is 5.91 Å². The van der Waals surface area contributed by atoms with Gasteiger partial charge >= 0.3 is 0 Å². The number of rotatable bonds is 3. The van der Waals surface area contributed by atoms with E-state index < -0.39 is 0 Å². The second-order valence-electron chi connectivity index (χ2n) is 5.77. The number of nitrogens with one attached hydrogen (secondary N) is 1. The maximum atomic E-state index is 11.3. The molecule has 0 aromatic heterocycles. The van der Waals surface area contributed by atoms with E-state index in [0.717, 1.165) is 19.6 Å². The van der Waals surface area contributed by atoms with Crippen LogP contribution >= 0.6 is 0 Å². The molecule has 0 radical (unpaired) electrons. The third-order valence-corrected chi connectivity index (χ3v) is 4.24. The van der Waals surface area contributed by atoms with Crippen LogP contribution in [0.25, 0.3) is 0 Å². The zero-order valence-electron chi connectivity index (χ0n) is 10.9. The van der Waals surface area contributed by atoms with E-state index in [9.17, 15) is 4.79 Å². The Morgan fingerprint density at radius 1 is 1.39 bits per heavy atom. The molecule has 3 heteroatoms. The lowest BCUT2D eigenvalue weighted by molar-refractivity contribution is -0.119. The molecule has 1 atom stereocenters. The number of carbonyl (C=O) groups is 1. The summed E-state index contributed by atoms with van der Waals surface area (Å²) in [4.78, 5) is 13.7. The van der Waals surface area contributed by atoms with Crippen LogP contribution in [0, 0.1) is 5.41 Å². The molecule has 1 aromatic carbocycles. The predicted octanol–water partition coefficient (Wildman–Crippen LogP) is 1.79. The zero-order valence-corrected chi connectivity index (χ0v) is 10.9. The minimum absolute atomic E-state index is 0.104. The van der Waals surface area contributed by atoms with Crippen LogP contribution < -0.4 is 5.32 Å². The average molecular weight is 244 g/mol. The van der Waals surface area contributed by atoms with E-state index in [0.29, 0.717) is 11.5 Å². The van der Waals surface area contributed by atoms with E-state index in [1.807, 2.05) is 0 Å². The number of hydrogen-bond donors (Lipinski definition) is 1. The summed E-state index contributed by atoms with van der Waals surface area (Å²) in [5, 5.41) is 3.13. The van der Waals surface area contributed by atoms with Gasteiger partial charge in [-0.2, -0.15) is 0 Å². The van der Waals surface area contributed by atoms with Crippen molar-refractivity contribution in [2.75, 3.05) is 13.1 Å². The molecule has 1 spiro atoms. The van der Waals surface area contributed by atoms with Gasteiger partial charge in [-0.15, -0.1) is 0 Å². The van der Waals surface area contributed by atoms with Crippen molar-refractivity contribution in [3.63, 3.8) is 0 Å². The molecule has 3 nitrogen and oxygen atoms in total. The summed E-state index contributed by atoms with van der Waals surface area (Å²) in [6, 6.07) is 10.9. The van der Waals surface area contributed by atoms with Crippen LogP contribution in [0.4, 0.5) is 0 Å². The van der Waals surface area contributed by atoms with E-state index in [1.54, 1.807) is 6.92 Å². The molecule has 1 aromatic rings. The minimum Gasteiger partial charge on any atom is -0.352 e. The first-order valence-electron chi connectivity index (χ1n) is 6.71. The van der Waals surface area contributed by atoms with Crippen LogP contribution in [0.3, 0.4) is 0 Å². The molecule has 18 heavy (non-hydrogen) atoms. The van der Waals surface area contributed by atoms with Gasteiger partial charge in [0.05, 0.1) is 0 Å². The molecular weight excluding hydrogens is 224 g/mol. The summed E-state index contributed by atoms with van der Waals surface area (Å²) in [6.07, 6.45) is 2.53. The molecule has 2 aliphatic rings. The molecule has 96 valence electrons. The van der Waals surface area contributed by atoms with Crippen LogP contribution in [0.15, 0.2) is 30.3 Å². The Morgan fingerprint density at radius 3 is 2.72 bits per heavy atom. The van der Waals surface area contributed by atoms with E-state index in [2.05, 4.69) is 40.5 Å². The van der Waals surface area contributed by atoms with Crippen molar-refractivity contribution >= 4 is 5.91 Å². The maximum absolute atomic E-state index is 11.3. The topological polar surface area (TPSA) is 32.3 Å².